The van der Waals surface area contributed by atoms with Gasteiger partial charge in [-0.25, -0.2) is 4.79 Å². The predicted octanol–water partition coefficient (Wildman–Crippen LogP) is 3.51. The second-order valence-corrected chi connectivity index (χ2v) is 5.71. The standard InChI is InChI=1S/C14H15ClF3NO3/c1-2-13(12(21)22)4-3-11(20)19(13)10-6-8(14(16,17)18)5-9(15)7-10/h5-7,11,20H,2-4H2,1H3,(H,21,22)/t11?,13-/m1/s1. The molecule has 1 saturated heterocycles. The number of aliphatic hydroxyl groups is 1. The van der Waals surface area contributed by atoms with Crippen molar-refractivity contribution in [1.82, 2.24) is 0 Å². The Bertz CT molecular complexity index is 593. The summed E-state index contributed by atoms with van der Waals surface area (Å²) >= 11 is 5.74. The number of carbonyl (C=O) groups is 1. The Morgan fingerprint density at radius 1 is 1.45 bits per heavy atom. The van der Waals surface area contributed by atoms with Crippen LogP contribution in [-0.2, 0) is 11.0 Å². The Balaban J connectivity index is 2.58. The molecule has 0 amide bonds. The molecule has 122 valence electrons. The third kappa shape index (κ3) is 2.75. The molecule has 4 nitrogen and oxygen atoms in total. The van der Waals surface area contributed by atoms with Crippen LogP contribution in [0.4, 0.5) is 18.9 Å². The summed E-state index contributed by atoms with van der Waals surface area (Å²) in [6.07, 6.45) is -5.33. The average Bonchev–Trinajstić information content (AvgIpc) is 2.75. The Labute approximate surface area is 130 Å². The topological polar surface area (TPSA) is 60.8 Å². The van der Waals surface area contributed by atoms with E-state index in [2.05, 4.69) is 0 Å². The fourth-order valence-electron chi connectivity index (χ4n) is 2.91. The SMILES string of the molecule is CC[C@]1(C(=O)O)CCC(O)N1c1cc(Cl)cc(C(F)(F)F)c1. The first kappa shape index (κ1) is 16.9. The minimum atomic E-state index is -4.61. The zero-order chi connectivity index (χ0) is 16.7. The fourth-order valence-corrected chi connectivity index (χ4v) is 3.14. The summed E-state index contributed by atoms with van der Waals surface area (Å²) in [4.78, 5) is 12.8. The van der Waals surface area contributed by atoms with E-state index in [0.29, 0.717) is 0 Å². The van der Waals surface area contributed by atoms with Gasteiger partial charge in [-0.2, -0.15) is 13.2 Å². The highest BCUT2D eigenvalue weighted by molar-refractivity contribution is 6.31. The van der Waals surface area contributed by atoms with Gasteiger partial charge in [-0.15, -0.1) is 0 Å². The van der Waals surface area contributed by atoms with Crippen molar-refractivity contribution in [2.75, 3.05) is 4.90 Å². The van der Waals surface area contributed by atoms with Crippen LogP contribution < -0.4 is 4.90 Å². The summed E-state index contributed by atoms with van der Waals surface area (Å²) in [5.74, 6) is -1.18. The molecule has 22 heavy (non-hydrogen) atoms. The summed E-state index contributed by atoms with van der Waals surface area (Å²) in [5, 5.41) is 19.4. The summed E-state index contributed by atoms with van der Waals surface area (Å²) in [7, 11) is 0. The maximum absolute atomic E-state index is 12.9. The van der Waals surface area contributed by atoms with Crippen LogP contribution in [0.1, 0.15) is 31.7 Å². The third-order valence-electron chi connectivity index (χ3n) is 4.05. The smallest absolute Gasteiger partial charge is 0.416 e. The zero-order valence-electron chi connectivity index (χ0n) is 11.7. The van der Waals surface area contributed by atoms with E-state index in [1.165, 1.54) is 6.07 Å². The van der Waals surface area contributed by atoms with Gasteiger partial charge in [0.15, 0.2) is 0 Å². The molecule has 2 atom stereocenters. The second kappa shape index (κ2) is 5.62. The number of hydrogen-bond acceptors (Lipinski definition) is 3. The molecular weight excluding hydrogens is 323 g/mol. The molecule has 0 aromatic heterocycles. The molecule has 1 heterocycles. The van der Waals surface area contributed by atoms with Crippen molar-refractivity contribution in [3.8, 4) is 0 Å². The van der Waals surface area contributed by atoms with Gasteiger partial charge in [-0.1, -0.05) is 18.5 Å². The van der Waals surface area contributed by atoms with E-state index in [1.807, 2.05) is 0 Å². The van der Waals surface area contributed by atoms with Crippen LogP contribution >= 0.6 is 11.6 Å². The van der Waals surface area contributed by atoms with E-state index >= 15 is 0 Å². The minimum absolute atomic E-state index is 0.0472. The normalized spacial score (nSPS) is 25.5. The largest absolute Gasteiger partial charge is 0.479 e. The lowest BCUT2D eigenvalue weighted by Gasteiger charge is -2.37. The average molecular weight is 338 g/mol. The van der Waals surface area contributed by atoms with Crippen LogP contribution in [0.2, 0.25) is 5.02 Å². The Morgan fingerprint density at radius 2 is 2.09 bits per heavy atom. The first-order valence-corrected chi connectivity index (χ1v) is 7.08. The van der Waals surface area contributed by atoms with Gasteiger partial charge in [0.2, 0.25) is 0 Å². The monoisotopic (exact) mass is 337 g/mol. The van der Waals surface area contributed by atoms with Crippen LogP contribution in [0.25, 0.3) is 0 Å². The van der Waals surface area contributed by atoms with Crippen LogP contribution in [0, 0.1) is 0 Å². The summed E-state index contributed by atoms with van der Waals surface area (Å²) in [5.41, 5.74) is -2.47. The third-order valence-corrected chi connectivity index (χ3v) is 4.26. The minimum Gasteiger partial charge on any atom is -0.479 e. The van der Waals surface area contributed by atoms with Crippen molar-refractivity contribution in [3.05, 3.63) is 28.8 Å². The Hall–Kier alpha value is -1.47. The molecule has 0 spiro atoms. The van der Waals surface area contributed by atoms with Gasteiger partial charge in [-0.05, 0) is 37.5 Å². The number of carboxylic acid groups (broad SMARTS) is 1. The van der Waals surface area contributed by atoms with E-state index in [0.717, 1.165) is 17.0 Å². The molecule has 1 aliphatic rings. The molecule has 8 heteroatoms. The van der Waals surface area contributed by atoms with Crippen molar-refractivity contribution in [3.63, 3.8) is 0 Å². The lowest BCUT2D eigenvalue weighted by Crippen LogP contribution is -2.53. The second-order valence-electron chi connectivity index (χ2n) is 5.28. The molecule has 0 bridgehead atoms. The number of nitrogens with zero attached hydrogens (tertiary/aromatic N) is 1. The zero-order valence-corrected chi connectivity index (χ0v) is 12.4. The number of alkyl halides is 3. The van der Waals surface area contributed by atoms with Crippen molar-refractivity contribution in [2.24, 2.45) is 0 Å². The van der Waals surface area contributed by atoms with E-state index < -0.39 is 29.5 Å². The molecule has 1 aromatic rings. The Kier molecular flexibility index (Phi) is 4.32. The molecule has 2 rings (SSSR count). The highest BCUT2D eigenvalue weighted by Gasteiger charge is 2.51. The van der Waals surface area contributed by atoms with Gasteiger partial charge in [0.05, 0.1) is 5.56 Å². The van der Waals surface area contributed by atoms with Gasteiger partial charge < -0.3 is 15.1 Å². The molecule has 2 N–H and O–H groups in total. The van der Waals surface area contributed by atoms with Crippen LogP contribution in [0.3, 0.4) is 0 Å². The van der Waals surface area contributed by atoms with Crippen molar-refractivity contribution in [1.29, 1.82) is 0 Å². The maximum atomic E-state index is 12.9. The van der Waals surface area contributed by atoms with Crippen LogP contribution in [0.15, 0.2) is 18.2 Å². The van der Waals surface area contributed by atoms with Gasteiger partial charge >= 0.3 is 12.1 Å². The molecule has 1 aromatic carbocycles. The predicted molar refractivity (Wildman–Crippen MR) is 74.8 cm³/mol. The summed E-state index contributed by atoms with van der Waals surface area (Å²) in [6.45, 7) is 1.62. The molecular formula is C14H15ClF3NO3. The van der Waals surface area contributed by atoms with Crippen LogP contribution in [0.5, 0.6) is 0 Å². The maximum Gasteiger partial charge on any atom is 0.416 e. The number of benzene rings is 1. The van der Waals surface area contributed by atoms with Gasteiger partial charge in [-0.3, -0.25) is 0 Å². The van der Waals surface area contributed by atoms with E-state index in [4.69, 9.17) is 11.6 Å². The molecule has 0 saturated carbocycles. The highest BCUT2D eigenvalue weighted by Crippen LogP contribution is 2.42. The van der Waals surface area contributed by atoms with Crippen molar-refractivity contribution < 1.29 is 28.2 Å². The number of hydrogen-bond donors (Lipinski definition) is 2. The number of carboxylic acids is 1. The molecule has 0 radical (unpaired) electrons. The van der Waals surface area contributed by atoms with E-state index in [-0.39, 0.29) is 30.0 Å². The molecule has 1 fully saturated rings. The van der Waals surface area contributed by atoms with Crippen molar-refractivity contribution >= 4 is 23.3 Å². The lowest BCUT2D eigenvalue weighted by atomic mass is 9.92. The van der Waals surface area contributed by atoms with Gasteiger partial charge in [0.1, 0.15) is 11.8 Å². The number of anilines is 1. The first-order chi connectivity index (χ1) is 10.1. The van der Waals surface area contributed by atoms with Crippen molar-refractivity contribution in [2.45, 2.75) is 44.1 Å². The number of aliphatic carboxylic acids is 1. The van der Waals surface area contributed by atoms with E-state index in [9.17, 15) is 28.2 Å². The first-order valence-electron chi connectivity index (χ1n) is 6.70. The lowest BCUT2D eigenvalue weighted by molar-refractivity contribution is -0.143. The molecule has 1 unspecified atom stereocenters. The summed E-state index contributed by atoms with van der Waals surface area (Å²) < 4.78 is 38.7. The number of rotatable bonds is 3. The quantitative estimate of drug-likeness (QED) is 0.886. The molecule has 0 aliphatic carbocycles. The van der Waals surface area contributed by atoms with Crippen LogP contribution in [-0.4, -0.2) is 27.9 Å². The number of aliphatic hydroxyl groups excluding tert-OH is 1. The van der Waals surface area contributed by atoms with Gasteiger partial charge in [0.25, 0.3) is 0 Å². The Morgan fingerprint density at radius 3 is 2.59 bits per heavy atom. The number of halogens is 4. The van der Waals surface area contributed by atoms with Gasteiger partial charge in [0, 0.05) is 10.7 Å². The summed E-state index contributed by atoms with van der Waals surface area (Å²) in [6, 6.07) is 2.81. The highest BCUT2D eigenvalue weighted by atomic mass is 35.5. The van der Waals surface area contributed by atoms with E-state index in [1.54, 1.807) is 6.92 Å². The fraction of sp³-hybridized carbons (Fsp3) is 0.500. The molecule has 1 aliphatic heterocycles.